The van der Waals surface area contributed by atoms with Crippen LogP contribution in [0.15, 0.2) is 52.0 Å². The highest BCUT2D eigenvalue weighted by Gasteiger charge is 2.28. The summed E-state index contributed by atoms with van der Waals surface area (Å²) in [6.45, 7) is 1.46. The molecule has 0 bridgehead atoms. The molecule has 1 aromatic carbocycles. The first-order valence-corrected chi connectivity index (χ1v) is 10.6. The fourth-order valence-electron chi connectivity index (χ4n) is 3.25. The maximum atomic E-state index is 12.7. The molecule has 2 aromatic rings. The Morgan fingerprint density at radius 1 is 1.22 bits per heavy atom. The molecule has 3 rings (SSSR count). The largest absolute Gasteiger partial charge is 0.463 e. The predicted molar refractivity (Wildman–Crippen MR) is 101 cm³/mol. The van der Waals surface area contributed by atoms with Gasteiger partial charge in [-0.05, 0) is 43.2 Å². The molecule has 0 saturated carbocycles. The maximum absolute atomic E-state index is 12.7. The number of hydrogen-bond acceptors (Lipinski definition) is 4. The molecule has 1 fully saturated rings. The van der Waals surface area contributed by atoms with Crippen LogP contribution in [0.25, 0.3) is 0 Å². The molecule has 1 aliphatic rings. The normalized spacial score (nSPS) is 16.6. The number of carbonyl (C=O) groups is 1. The summed E-state index contributed by atoms with van der Waals surface area (Å²) in [5.74, 6) is 0.493. The highest BCUT2D eigenvalue weighted by Crippen LogP contribution is 2.21. The lowest BCUT2D eigenvalue weighted by atomic mass is 10.2. The zero-order chi connectivity index (χ0) is 19.4. The van der Waals surface area contributed by atoms with E-state index in [0.717, 1.165) is 23.5 Å². The van der Waals surface area contributed by atoms with Crippen molar-refractivity contribution in [2.45, 2.75) is 23.8 Å². The molecule has 1 saturated heterocycles. The van der Waals surface area contributed by atoms with Crippen LogP contribution in [0, 0.1) is 0 Å². The van der Waals surface area contributed by atoms with Crippen LogP contribution in [0.4, 0.5) is 0 Å². The zero-order valence-corrected chi connectivity index (χ0v) is 16.5. The third kappa shape index (κ3) is 4.40. The number of benzene rings is 1. The molecular formula is C19H26N3O4S+. The average molecular weight is 393 g/mol. The standard InChI is InChI=1S/C19H25N3O4S/c1-21(2)17(18-9-6-12-26-18)14-20-19(23)15-7-5-8-16(13-15)27(24,25)22-10-3-4-11-22/h5-9,12-13,17H,3-4,10-11,14H2,1-2H3,(H,20,23)/p+1/t17-/m0/s1. The molecule has 1 aromatic heterocycles. The van der Waals surface area contributed by atoms with Gasteiger partial charge in [0.1, 0.15) is 0 Å². The summed E-state index contributed by atoms with van der Waals surface area (Å²) in [6.07, 6.45) is 3.36. The minimum Gasteiger partial charge on any atom is -0.463 e. The lowest BCUT2D eigenvalue weighted by Crippen LogP contribution is -3.07. The fraction of sp³-hybridized carbons (Fsp3) is 0.421. The SMILES string of the molecule is C[NH+](C)[C@@H](CNC(=O)c1cccc(S(=O)(=O)N2CCCC2)c1)c1ccco1. The van der Waals surface area contributed by atoms with Crippen molar-refractivity contribution in [2.75, 3.05) is 33.7 Å². The van der Waals surface area contributed by atoms with E-state index in [9.17, 15) is 13.2 Å². The molecule has 0 radical (unpaired) electrons. The maximum Gasteiger partial charge on any atom is 0.251 e. The van der Waals surface area contributed by atoms with Crippen molar-refractivity contribution in [3.8, 4) is 0 Å². The van der Waals surface area contributed by atoms with Crippen LogP contribution in [-0.4, -0.2) is 52.4 Å². The Balaban J connectivity index is 1.72. The van der Waals surface area contributed by atoms with Crippen molar-refractivity contribution in [3.05, 3.63) is 54.0 Å². The lowest BCUT2D eigenvalue weighted by molar-refractivity contribution is -0.891. The van der Waals surface area contributed by atoms with Crippen molar-refractivity contribution < 1.29 is 22.5 Å². The minimum atomic E-state index is -3.54. The Bertz CT molecular complexity index is 872. The number of hydrogen-bond donors (Lipinski definition) is 2. The molecule has 1 atom stereocenters. The van der Waals surface area contributed by atoms with Gasteiger partial charge in [-0.2, -0.15) is 4.31 Å². The van der Waals surface area contributed by atoms with Crippen LogP contribution in [-0.2, 0) is 10.0 Å². The Morgan fingerprint density at radius 2 is 1.96 bits per heavy atom. The van der Waals surface area contributed by atoms with Gasteiger partial charge in [-0.15, -0.1) is 0 Å². The van der Waals surface area contributed by atoms with Gasteiger partial charge in [0.2, 0.25) is 10.0 Å². The van der Waals surface area contributed by atoms with E-state index >= 15 is 0 Å². The van der Waals surface area contributed by atoms with Gasteiger partial charge in [0.05, 0.1) is 31.8 Å². The Labute approximate surface area is 160 Å². The molecule has 146 valence electrons. The molecule has 0 unspecified atom stereocenters. The number of carbonyl (C=O) groups excluding carboxylic acids is 1. The monoisotopic (exact) mass is 392 g/mol. The zero-order valence-electron chi connectivity index (χ0n) is 15.6. The Morgan fingerprint density at radius 3 is 2.59 bits per heavy atom. The number of furan rings is 1. The van der Waals surface area contributed by atoms with Crippen molar-refractivity contribution in [1.82, 2.24) is 9.62 Å². The summed E-state index contributed by atoms with van der Waals surface area (Å²) >= 11 is 0. The molecule has 27 heavy (non-hydrogen) atoms. The highest BCUT2D eigenvalue weighted by molar-refractivity contribution is 7.89. The van der Waals surface area contributed by atoms with Gasteiger partial charge >= 0.3 is 0 Å². The molecule has 2 heterocycles. The molecule has 1 aliphatic heterocycles. The summed E-state index contributed by atoms with van der Waals surface area (Å²) in [4.78, 5) is 13.9. The summed E-state index contributed by atoms with van der Waals surface area (Å²) in [5.41, 5.74) is 0.335. The first kappa shape index (κ1) is 19.6. The molecule has 0 aliphatic carbocycles. The number of sulfonamides is 1. The van der Waals surface area contributed by atoms with Crippen molar-refractivity contribution in [1.29, 1.82) is 0 Å². The second kappa shape index (κ2) is 8.24. The van der Waals surface area contributed by atoms with E-state index in [1.807, 2.05) is 26.2 Å². The first-order chi connectivity index (χ1) is 12.9. The van der Waals surface area contributed by atoms with E-state index in [4.69, 9.17) is 4.42 Å². The number of nitrogens with one attached hydrogen (secondary N) is 2. The average Bonchev–Trinajstić information content (AvgIpc) is 3.36. The predicted octanol–water partition coefficient (Wildman–Crippen LogP) is 0.680. The molecule has 1 amide bonds. The number of quaternary nitrogens is 1. The van der Waals surface area contributed by atoms with Crippen LogP contribution < -0.4 is 10.2 Å². The Kier molecular flexibility index (Phi) is 5.98. The van der Waals surface area contributed by atoms with Crippen molar-refractivity contribution in [3.63, 3.8) is 0 Å². The number of amides is 1. The summed E-state index contributed by atoms with van der Waals surface area (Å²) < 4.78 is 32.3. The van der Waals surface area contributed by atoms with E-state index in [1.165, 1.54) is 10.4 Å². The van der Waals surface area contributed by atoms with Gasteiger partial charge in [-0.3, -0.25) is 4.79 Å². The van der Waals surface area contributed by atoms with E-state index in [-0.39, 0.29) is 16.8 Å². The van der Waals surface area contributed by atoms with Gasteiger partial charge in [0, 0.05) is 18.7 Å². The van der Waals surface area contributed by atoms with E-state index in [2.05, 4.69) is 5.32 Å². The summed E-state index contributed by atoms with van der Waals surface area (Å²) in [6, 6.07) is 9.91. The molecule has 2 N–H and O–H groups in total. The first-order valence-electron chi connectivity index (χ1n) is 9.11. The molecule has 8 heteroatoms. The fourth-order valence-corrected chi connectivity index (χ4v) is 4.81. The third-order valence-electron chi connectivity index (χ3n) is 4.85. The molecule has 0 spiro atoms. The summed E-state index contributed by atoms with van der Waals surface area (Å²) in [7, 11) is 0.437. The number of nitrogens with zero attached hydrogens (tertiary/aromatic N) is 1. The van der Waals surface area contributed by atoms with Crippen LogP contribution in [0.1, 0.15) is 35.0 Å². The van der Waals surface area contributed by atoms with E-state index in [0.29, 0.717) is 25.2 Å². The van der Waals surface area contributed by atoms with Crippen LogP contribution in [0.3, 0.4) is 0 Å². The molecule has 7 nitrogen and oxygen atoms in total. The van der Waals surface area contributed by atoms with Gasteiger partial charge in [0.15, 0.2) is 11.8 Å². The van der Waals surface area contributed by atoms with Gasteiger partial charge in [0.25, 0.3) is 5.91 Å². The number of likely N-dealkylation sites (N-methyl/N-ethyl adjacent to an activating group) is 1. The Hall–Kier alpha value is -2.16. The van der Waals surface area contributed by atoms with Gasteiger partial charge in [-0.25, -0.2) is 8.42 Å². The van der Waals surface area contributed by atoms with Gasteiger partial charge in [-0.1, -0.05) is 6.07 Å². The van der Waals surface area contributed by atoms with E-state index < -0.39 is 10.0 Å². The highest BCUT2D eigenvalue weighted by atomic mass is 32.2. The second-order valence-corrected chi connectivity index (χ2v) is 8.93. The van der Waals surface area contributed by atoms with E-state index in [1.54, 1.807) is 24.5 Å². The third-order valence-corrected chi connectivity index (χ3v) is 6.74. The van der Waals surface area contributed by atoms with Crippen molar-refractivity contribution >= 4 is 15.9 Å². The molecular weight excluding hydrogens is 366 g/mol. The quantitative estimate of drug-likeness (QED) is 0.726. The van der Waals surface area contributed by atoms with Crippen LogP contribution >= 0.6 is 0 Å². The smallest absolute Gasteiger partial charge is 0.251 e. The van der Waals surface area contributed by atoms with Crippen molar-refractivity contribution in [2.24, 2.45) is 0 Å². The van der Waals surface area contributed by atoms with Gasteiger partial charge < -0.3 is 14.6 Å². The number of rotatable bonds is 7. The second-order valence-electron chi connectivity index (χ2n) is 6.99. The summed E-state index contributed by atoms with van der Waals surface area (Å²) in [5, 5.41) is 2.89. The van der Waals surface area contributed by atoms with Crippen LogP contribution in [0.2, 0.25) is 0 Å². The van der Waals surface area contributed by atoms with Crippen LogP contribution in [0.5, 0.6) is 0 Å². The topological polar surface area (TPSA) is 84.1 Å². The lowest BCUT2D eigenvalue weighted by Gasteiger charge is -2.20. The minimum absolute atomic E-state index is 0.0273.